The summed E-state index contributed by atoms with van der Waals surface area (Å²) in [6, 6.07) is 22.9. The average molecular weight is 906 g/mol. The second-order valence-electron chi connectivity index (χ2n) is 16.6. The molecule has 0 spiro atoms. The number of aliphatic hydroxyl groups is 1. The number of hydrogen-bond acceptors (Lipinski definition) is 12. The molecule has 2 atom stereocenters. The molecule has 2 amide bonds. The number of pyridine rings is 2. The number of carboxylic acid groups (broad SMARTS) is 2. The van der Waals surface area contributed by atoms with Gasteiger partial charge in [-0.1, -0.05) is 35.9 Å². The molecule has 3 aliphatic rings. The molecule has 7 N–H and O–H groups in total. The van der Waals surface area contributed by atoms with Gasteiger partial charge in [-0.3, -0.25) is 14.5 Å². The van der Waals surface area contributed by atoms with Crippen LogP contribution in [0.4, 0.5) is 33.1 Å². The van der Waals surface area contributed by atoms with Crippen LogP contribution in [0.25, 0.3) is 0 Å². The minimum atomic E-state index is -1.21. The largest absolute Gasteiger partial charge is 0.478 e. The number of piperazine rings is 1. The number of carbonyl (C=O) groups excluding carboxylic acids is 2. The molecule has 5 heterocycles. The molecule has 0 saturated carbocycles. The fraction of sp³-hybridized carbons (Fsp3) is 0.319. The number of aromatic carboxylic acids is 2. The van der Waals surface area contributed by atoms with E-state index < -0.39 is 41.3 Å². The minimum Gasteiger partial charge on any atom is -0.478 e. The molecule has 0 bridgehead atoms. The number of carbonyl (C=O) groups is 4. The van der Waals surface area contributed by atoms with E-state index in [0.717, 1.165) is 18.7 Å². The van der Waals surface area contributed by atoms with Gasteiger partial charge in [0.2, 0.25) is 5.91 Å². The Bertz CT molecular complexity index is 2570. The van der Waals surface area contributed by atoms with Crippen molar-refractivity contribution < 1.29 is 38.9 Å². The van der Waals surface area contributed by atoms with Crippen molar-refractivity contribution in [1.29, 1.82) is 0 Å². The Morgan fingerprint density at radius 1 is 0.800 bits per heavy atom. The average Bonchev–Trinajstić information content (AvgIpc) is 3.32. The lowest BCUT2D eigenvalue weighted by Gasteiger charge is -2.50. The Balaban J connectivity index is 0.899. The van der Waals surface area contributed by atoms with Crippen LogP contribution in [-0.2, 0) is 4.79 Å². The Hall–Kier alpha value is -6.82. The molecule has 3 aromatic carbocycles. The van der Waals surface area contributed by atoms with Gasteiger partial charge in [0, 0.05) is 68.3 Å². The zero-order valence-corrected chi connectivity index (χ0v) is 36.1. The lowest BCUT2D eigenvalue weighted by atomic mass is 9.80. The van der Waals surface area contributed by atoms with Crippen molar-refractivity contribution in [2.45, 2.75) is 43.4 Å². The molecule has 5 aromatic rings. The first-order valence-corrected chi connectivity index (χ1v) is 21.8. The van der Waals surface area contributed by atoms with E-state index in [9.17, 15) is 34.5 Å². The maximum atomic E-state index is 15.8. The van der Waals surface area contributed by atoms with Crippen LogP contribution in [0.15, 0.2) is 97.3 Å². The number of amides is 2. The quantitative estimate of drug-likeness (QED) is 0.0742. The molecule has 2 unspecified atom stereocenters. The van der Waals surface area contributed by atoms with Gasteiger partial charge in [0.1, 0.15) is 28.6 Å². The number of halogens is 2. The van der Waals surface area contributed by atoms with Crippen LogP contribution < -0.4 is 31.1 Å². The molecule has 18 heteroatoms. The minimum absolute atomic E-state index is 0.0296. The predicted octanol–water partition coefficient (Wildman–Crippen LogP) is 6.05. The van der Waals surface area contributed by atoms with E-state index in [4.69, 9.17) is 17.3 Å². The van der Waals surface area contributed by atoms with Gasteiger partial charge >= 0.3 is 11.9 Å². The van der Waals surface area contributed by atoms with Gasteiger partial charge in [0.15, 0.2) is 6.23 Å². The Labute approximate surface area is 379 Å². The van der Waals surface area contributed by atoms with Gasteiger partial charge < -0.3 is 46.4 Å². The van der Waals surface area contributed by atoms with Crippen LogP contribution in [-0.4, -0.2) is 112 Å². The highest BCUT2D eigenvalue weighted by atomic mass is 35.5. The molecule has 2 aromatic heterocycles. The zero-order valence-electron chi connectivity index (χ0n) is 35.4. The van der Waals surface area contributed by atoms with Crippen molar-refractivity contribution in [3.8, 4) is 0 Å². The Kier molecular flexibility index (Phi) is 13.2. The first-order valence-electron chi connectivity index (χ1n) is 21.4. The highest BCUT2D eigenvalue weighted by molar-refractivity contribution is 6.30. The maximum Gasteiger partial charge on any atom is 0.339 e. The normalized spacial score (nSPS) is 18.1. The van der Waals surface area contributed by atoms with Crippen molar-refractivity contribution in [3.05, 3.63) is 136 Å². The van der Waals surface area contributed by atoms with Crippen molar-refractivity contribution >= 4 is 64.1 Å². The second-order valence-corrected chi connectivity index (χ2v) is 17.0. The molecule has 0 aliphatic carbocycles. The summed E-state index contributed by atoms with van der Waals surface area (Å²) in [5, 5.41) is 36.9. The molecular formula is C47H49ClFN9O7. The number of aromatic nitrogens is 2. The van der Waals surface area contributed by atoms with Gasteiger partial charge in [-0.25, -0.2) is 23.9 Å². The number of benzene rings is 3. The number of rotatable bonds is 13. The van der Waals surface area contributed by atoms with Gasteiger partial charge in [-0.15, -0.1) is 0 Å². The van der Waals surface area contributed by atoms with E-state index >= 15 is 4.39 Å². The smallest absolute Gasteiger partial charge is 0.339 e. The Morgan fingerprint density at radius 2 is 1.52 bits per heavy atom. The number of primary amides is 1. The molecule has 8 rings (SSSR count). The van der Waals surface area contributed by atoms with E-state index in [1.54, 1.807) is 54.7 Å². The number of nitrogens with two attached hydrogens (primary N) is 1. The molecule has 338 valence electrons. The molecule has 16 nitrogen and oxygen atoms in total. The molecule has 3 saturated heterocycles. The summed E-state index contributed by atoms with van der Waals surface area (Å²) in [7, 11) is 0. The second kappa shape index (κ2) is 19.1. The van der Waals surface area contributed by atoms with Crippen molar-refractivity contribution in [3.63, 3.8) is 0 Å². The molecule has 65 heavy (non-hydrogen) atoms. The summed E-state index contributed by atoms with van der Waals surface area (Å²) in [6.07, 6.45) is 4.11. The van der Waals surface area contributed by atoms with Gasteiger partial charge in [-0.05, 0) is 104 Å². The van der Waals surface area contributed by atoms with Gasteiger partial charge in [-0.2, -0.15) is 0 Å². The first-order chi connectivity index (χ1) is 31.3. The monoisotopic (exact) mass is 905 g/mol. The van der Waals surface area contributed by atoms with Crippen LogP contribution in [0.3, 0.4) is 0 Å². The fourth-order valence-corrected chi connectivity index (χ4v) is 9.32. The van der Waals surface area contributed by atoms with Crippen molar-refractivity contribution in [2.24, 2.45) is 5.73 Å². The summed E-state index contributed by atoms with van der Waals surface area (Å²) in [6.45, 7) is 4.12. The standard InChI is InChI=1S/C47H49ClFN9O7/c48-32-9-6-29(7-10-32)42(59)54-39-13-11-34(26-36(39)44(61)62)55-18-14-47(15-19-55,46(50)65)58-17-3-4-31(28-58)30-8-12-35(38(49)24-30)43(60)53-33-25-37(45(63)64)41(52-27-33)57-22-20-56(21-23-57)40-5-1-2-16-51-40/h1-2,5-13,16,24-27,31,42,54,59H,3-4,14-15,17-23,28H2,(H2,50,65)(H,53,60)(H,61,62)(H,63,64). The number of aliphatic hydroxyl groups excluding tert-OH is 1. The number of anilines is 5. The number of piperidine rings is 2. The lowest BCUT2D eigenvalue weighted by molar-refractivity contribution is -0.133. The van der Waals surface area contributed by atoms with Crippen LogP contribution in [0.1, 0.15) is 80.0 Å². The van der Waals surface area contributed by atoms with Crippen LogP contribution >= 0.6 is 11.6 Å². The number of hydrogen-bond donors (Lipinski definition) is 6. The van der Waals surface area contributed by atoms with Crippen LogP contribution in [0.5, 0.6) is 0 Å². The number of nitrogens with one attached hydrogen (secondary N) is 2. The first kappa shape index (κ1) is 44.8. The number of carboxylic acids is 2. The van der Waals surface area contributed by atoms with Crippen LogP contribution in [0.2, 0.25) is 5.02 Å². The summed E-state index contributed by atoms with van der Waals surface area (Å²) in [5.41, 5.74) is 7.00. The van der Waals surface area contributed by atoms with Crippen molar-refractivity contribution in [2.75, 3.05) is 77.7 Å². The predicted molar refractivity (Wildman–Crippen MR) is 245 cm³/mol. The highest BCUT2D eigenvalue weighted by Crippen LogP contribution is 2.38. The maximum absolute atomic E-state index is 15.8. The molecule has 3 fully saturated rings. The van der Waals surface area contributed by atoms with E-state index in [1.807, 2.05) is 28.0 Å². The third kappa shape index (κ3) is 9.67. The third-order valence-electron chi connectivity index (χ3n) is 12.8. The summed E-state index contributed by atoms with van der Waals surface area (Å²) in [4.78, 5) is 68.3. The van der Waals surface area contributed by atoms with Crippen molar-refractivity contribution in [1.82, 2.24) is 14.9 Å². The molecule has 3 aliphatic heterocycles. The third-order valence-corrected chi connectivity index (χ3v) is 13.0. The lowest BCUT2D eigenvalue weighted by Crippen LogP contribution is -2.64. The van der Waals surface area contributed by atoms with Gasteiger partial charge in [0.25, 0.3) is 5.91 Å². The van der Waals surface area contributed by atoms with E-state index in [0.29, 0.717) is 87.0 Å². The number of likely N-dealkylation sites (tertiary alicyclic amines) is 1. The van der Waals surface area contributed by atoms with Gasteiger partial charge in [0.05, 0.1) is 28.7 Å². The van der Waals surface area contributed by atoms with Crippen LogP contribution in [0, 0.1) is 5.82 Å². The highest BCUT2D eigenvalue weighted by Gasteiger charge is 2.46. The number of nitrogens with zero attached hydrogens (tertiary/aromatic N) is 6. The summed E-state index contributed by atoms with van der Waals surface area (Å²) in [5.74, 6) is -3.40. The Morgan fingerprint density at radius 3 is 2.18 bits per heavy atom. The van der Waals surface area contributed by atoms with E-state index in [-0.39, 0.29) is 39.8 Å². The topological polar surface area (TPSA) is 218 Å². The van der Waals surface area contributed by atoms with E-state index in [2.05, 4.69) is 30.4 Å². The SMILES string of the molecule is NC(=O)C1(N2CCCC(c3ccc(C(=O)Nc4cnc(N5CCN(c6ccccn6)CC5)c(C(=O)O)c4)c(F)c3)C2)CCN(c2ccc(NC(O)c3ccc(Cl)cc3)c(C(=O)O)c2)CC1. The molecule has 0 radical (unpaired) electrons. The van der Waals surface area contributed by atoms with E-state index in [1.165, 1.54) is 24.4 Å². The fourth-order valence-electron chi connectivity index (χ4n) is 9.19. The summed E-state index contributed by atoms with van der Waals surface area (Å²) >= 11 is 5.97. The zero-order chi connectivity index (χ0) is 45.8. The molecular weight excluding hydrogens is 857 g/mol. The summed E-state index contributed by atoms with van der Waals surface area (Å²) < 4.78 is 15.8.